The molecule has 0 spiro atoms. The molecule has 94 valence electrons. The van der Waals surface area contributed by atoms with E-state index < -0.39 is 17.6 Å². The first-order chi connectivity index (χ1) is 8.48. The van der Waals surface area contributed by atoms with Crippen LogP contribution in [0.25, 0.3) is 0 Å². The molecule has 1 N–H and O–H groups in total. The van der Waals surface area contributed by atoms with Crippen LogP contribution >= 0.6 is 11.3 Å². The van der Waals surface area contributed by atoms with Crippen LogP contribution in [0.15, 0.2) is 35.2 Å². The van der Waals surface area contributed by atoms with E-state index in [2.05, 4.69) is 10.3 Å². The van der Waals surface area contributed by atoms with Gasteiger partial charge < -0.3 is 5.32 Å². The summed E-state index contributed by atoms with van der Waals surface area (Å²) in [4.78, 5) is 15.3. The van der Waals surface area contributed by atoms with Crippen molar-refractivity contribution in [2.75, 3.05) is 5.32 Å². The standard InChI is InChI=1S/C11H7F3N2OS/c12-11(13,14)7-3-1-2-4-8(7)16-10(17)9-5-18-6-15-9/h1-6H,(H,16,17). The number of hydrogen-bond acceptors (Lipinski definition) is 3. The van der Waals surface area contributed by atoms with Crippen molar-refractivity contribution in [1.29, 1.82) is 0 Å². The van der Waals surface area contributed by atoms with Crippen LogP contribution in [0, 0.1) is 0 Å². The molecule has 7 heteroatoms. The Morgan fingerprint density at radius 2 is 2.00 bits per heavy atom. The third-order valence-electron chi connectivity index (χ3n) is 2.15. The Labute approximate surface area is 104 Å². The highest BCUT2D eigenvalue weighted by Gasteiger charge is 2.33. The van der Waals surface area contributed by atoms with Crippen LogP contribution in [0.2, 0.25) is 0 Å². The number of carbonyl (C=O) groups is 1. The molecule has 0 aliphatic rings. The molecule has 1 aromatic carbocycles. The van der Waals surface area contributed by atoms with Crippen molar-refractivity contribution in [3.05, 3.63) is 46.4 Å². The second-order valence-electron chi connectivity index (χ2n) is 3.37. The monoisotopic (exact) mass is 272 g/mol. The third-order valence-corrected chi connectivity index (χ3v) is 2.73. The largest absolute Gasteiger partial charge is 0.418 e. The number of rotatable bonds is 2. The number of amides is 1. The lowest BCUT2D eigenvalue weighted by molar-refractivity contribution is -0.136. The summed E-state index contributed by atoms with van der Waals surface area (Å²) in [7, 11) is 0. The number of halogens is 3. The average Bonchev–Trinajstić information content (AvgIpc) is 2.81. The van der Waals surface area contributed by atoms with E-state index in [0.29, 0.717) is 0 Å². The zero-order chi connectivity index (χ0) is 13.2. The minimum absolute atomic E-state index is 0.0944. The number of nitrogens with one attached hydrogen (secondary N) is 1. The molecule has 0 fully saturated rings. The van der Waals surface area contributed by atoms with Gasteiger partial charge in [-0.25, -0.2) is 4.98 Å². The van der Waals surface area contributed by atoms with Gasteiger partial charge in [-0.05, 0) is 12.1 Å². The smallest absolute Gasteiger partial charge is 0.320 e. The lowest BCUT2D eigenvalue weighted by atomic mass is 10.1. The molecule has 18 heavy (non-hydrogen) atoms. The molecule has 0 radical (unpaired) electrons. The van der Waals surface area contributed by atoms with Gasteiger partial charge in [-0.15, -0.1) is 11.3 Å². The van der Waals surface area contributed by atoms with Crippen molar-refractivity contribution in [1.82, 2.24) is 4.98 Å². The van der Waals surface area contributed by atoms with Crippen LogP contribution in [0.5, 0.6) is 0 Å². The van der Waals surface area contributed by atoms with Crippen molar-refractivity contribution < 1.29 is 18.0 Å². The van der Waals surface area contributed by atoms with E-state index in [1.165, 1.54) is 40.4 Å². The van der Waals surface area contributed by atoms with Gasteiger partial charge in [0.05, 0.1) is 16.8 Å². The van der Waals surface area contributed by atoms with Gasteiger partial charge in [0.2, 0.25) is 0 Å². The lowest BCUT2D eigenvalue weighted by Gasteiger charge is -2.12. The minimum Gasteiger partial charge on any atom is -0.320 e. The third kappa shape index (κ3) is 2.67. The number of aromatic nitrogens is 1. The fraction of sp³-hybridized carbons (Fsp3) is 0.0909. The SMILES string of the molecule is O=C(Nc1ccccc1C(F)(F)F)c1cscn1. The molecule has 2 rings (SSSR count). The Morgan fingerprint density at radius 1 is 1.28 bits per heavy atom. The maximum atomic E-state index is 12.7. The summed E-state index contributed by atoms with van der Waals surface area (Å²) < 4.78 is 38.0. The number of alkyl halides is 3. The molecule has 1 aromatic heterocycles. The molecular weight excluding hydrogens is 265 g/mol. The molecule has 3 nitrogen and oxygen atoms in total. The van der Waals surface area contributed by atoms with Crippen LogP contribution in [-0.4, -0.2) is 10.9 Å². The molecule has 0 aliphatic carbocycles. The molecule has 0 saturated carbocycles. The van der Waals surface area contributed by atoms with Gasteiger partial charge in [-0.3, -0.25) is 4.79 Å². The van der Waals surface area contributed by atoms with Gasteiger partial charge in [0.1, 0.15) is 5.69 Å². The summed E-state index contributed by atoms with van der Waals surface area (Å²) in [6.07, 6.45) is -4.51. The van der Waals surface area contributed by atoms with Crippen LogP contribution in [0.1, 0.15) is 16.1 Å². The summed E-state index contributed by atoms with van der Waals surface area (Å²) in [5, 5.41) is 3.67. The van der Waals surface area contributed by atoms with Gasteiger partial charge in [-0.2, -0.15) is 13.2 Å². The first-order valence-electron chi connectivity index (χ1n) is 4.84. The van der Waals surface area contributed by atoms with Crippen molar-refractivity contribution >= 4 is 22.9 Å². The number of carbonyl (C=O) groups excluding carboxylic acids is 1. The van der Waals surface area contributed by atoms with Gasteiger partial charge >= 0.3 is 6.18 Å². The Balaban J connectivity index is 2.27. The topological polar surface area (TPSA) is 42.0 Å². The molecular formula is C11H7F3N2OS. The molecule has 0 saturated heterocycles. The first kappa shape index (κ1) is 12.6. The summed E-state index contributed by atoms with van der Waals surface area (Å²) in [6, 6.07) is 4.80. The number of para-hydroxylation sites is 1. The summed E-state index contributed by atoms with van der Waals surface area (Å²) in [6.45, 7) is 0. The van der Waals surface area contributed by atoms with Crippen LogP contribution in [0.3, 0.4) is 0 Å². The Hall–Kier alpha value is -1.89. The van der Waals surface area contributed by atoms with Gasteiger partial charge in [0.25, 0.3) is 5.91 Å². The highest BCUT2D eigenvalue weighted by Crippen LogP contribution is 2.34. The molecule has 1 heterocycles. The number of thiazole rings is 1. The van der Waals surface area contributed by atoms with Crippen LogP contribution in [-0.2, 0) is 6.18 Å². The highest BCUT2D eigenvalue weighted by molar-refractivity contribution is 7.07. The molecule has 0 aliphatic heterocycles. The predicted molar refractivity (Wildman–Crippen MR) is 61.5 cm³/mol. The first-order valence-corrected chi connectivity index (χ1v) is 5.78. The lowest BCUT2D eigenvalue weighted by Crippen LogP contribution is -2.16. The van der Waals surface area contributed by atoms with Crippen molar-refractivity contribution in [3.63, 3.8) is 0 Å². The van der Waals surface area contributed by atoms with E-state index in [1.54, 1.807) is 0 Å². The molecule has 0 unspecified atom stereocenters. The summed E-state index contributed by atoms with van der Waals surface area (Å²) in [5.74, 6) is -0.659. The summed E-state index contributed by atoms with van der Waals surface area (Å²) in [5.41, 5.74) is 0.374. The quantitative estimate of drug-likeness (QED) is 0.910. The highest BCUT2D eigenvalue weighted by atomic mass is 32.1. The Kier molecular flexibility index (Phi) is 3.33. The van der Waals surface area contributed by atoms with Gasteiger partial charge in [0, 0.05) is 5.38 Å². The predicted octanol–water partition coefficient (Wildman–Crippen LogP) is 3.41. The van der Waals surface area contributed by atoms with Crippen molar-refractivity contribution in [3.8, 4) is 0 Å². The van der Waals surface area contributed by atoms with E-state index >= 15 is 0 Å². The zero-order valence-corrected chi connectivity index (χ0v) is 9.68. The van der Waals surface area contributed by atoms with Crippen molar-refractivity contribution in [2.24, 2.45) is 0 Å². The van der Waals surface area contributed by atoms with E-state index in [4.69, 9.17) is 0 Å². The number of hydrogen-bond donors (Lipinski definition) is 1. The maximum Gasteiger partial charge on any atom is 0.418 e. The van der Waals surface area contributed by atoms with Crippen molar-refractivity contribution in [2.45, 2.75) is 6.18 Å². The molecule has 0 atom stereocenters. The van der Waals surface area contributed by atoms with Gasteiger partial charge in [0.15, 0.2) is 0 Å². The molecule has 2 aromatic rings. The maximum absolute atomic E-state index is 12.7. The minimum atomic E-state index is -4.51. The normalized spacial score (nSPS) is 11.3. The second-order valence-corrected chi connectivity index (χ2v) is 4.09. The Morgan fingerprint density at radius 3 is 2.61 bits per heavy atom. The molecule has 1 amide bonds. The Bertz CT molecular complexity index is 552. The van der Waals surface area contributed by atoms with Crippen LogP contribution < -0.4 is 5.32 Å². The van der Waals surface area contributed by atoms with E-state index in [0.717, 1.165) is 6.07 Å². The van der Waals surface area contributed by atoms with E-state index in [9.17, 15) is 18.0 Å². The molecule has 0 bridgehead atoms. The fourth-order valence-electron chi connectivity index (χ4n) is 1.35. The summed E-state index contributed by atoms with van der Waals surface area (Å²) >= 11 is 1.19. The number of anilines is 1. The average molecular weight is 272 g/mol. The second kappa shape index (κ2) is 4.77. The van der Waals surface area contributed by atoms with Crippen LogP contribution in [0.4, 0.5) is 18.9 Å². The number of nitrogens with zero attached hydrogens (tertiary/aromatic N) is 1. The van der Waals surface area contributed by atoms with E-state index in [1.807, 2.05) is 0 Å². The van der Waals surface area contributed by atoms with Gasteiger partial charge in [-0.1, -0.05) is 12.1 Å². The number of benzene rings is 1. The zero-order valence-electron chi connectivity index (χ0n) is 8.86. The van der Waals surface area contributed by atoms with E-state index in [-0.39, 0.29) is 11.4 Å². The fourth-order valence-corrected chi connectivity index (χ4v) is 1.88.